The Labute approximate surface area is 245 Å². The molecule has 2 aliphatic heterocycles. The van der Waals surface area contributed by atoms with Crippen molar-refractivity contribution < 1.29 is 48.0 Å². The third kappa shape index (κ3) is 4.28. The van der Waals surface area contributed by atoms with Crippen LogP contribution in [-0.4, -0.2) is 60.4 Å². The van der Waals surface area contributed by atoms with Gasteiger partial charge < -0.3 is 24.1 Å². The lowest BCUT2D eigenvalue weighted by Gasteiger charge is -2.65. The Bertz CT molecular complexity index is 1340. The molecule has 3 aliphatic carbocycles. The first-order valence-corrected chi connectivity index (χ1v) is 14.6. The van der Waals surface area contributed by atoms with Crippen molar-refractivity contribution in [2.45, 2.75) is 85.7 Å². The first-order chi connectivity index (χ1) is 19.6. The highest BCUT2D eigenvalue weighted by molar-refractivity contribution is 5.94. The summed E-state index contributed by atoms with van der Waals surface area (Å²) in [7, 11) is 1.30. The Hall–Kier alpha value is -3.27. The number of ketones is 1. The third-order valence-corrected chi connectivity index (χ3v) is 11.1. The zero-order valence-corrected chi connectivity index (χ0v) is 25.2. The van der Waals surface area contributed by atoms with Gasteiger partial charge in [0.15, 0.2) is 0 Å². The zero-order chi connectivity index (χ0) is 30.9. The van der Waals surface area contributed by atoms with Crippen LogP contribution < -0.4 is 0 Å². The van der Waals surface area contributed by atoms with Crippen LogP contribution >= 0.6 is 0 Å². The molecule has 0 amide bonds. The number of aliphatic hydroxyl groups excluding tert-OH is 1. The highest BCUT2D eigenvalue weighted by Gasteiger charge is 2.70. The molecule has 3 fully saturated rings. The molecular weight excluding hydrogens is 544 g/mol. The number of carbonyl (C=O) groups excluding carboxylic acids is 5. The lowest BCUT2D eigenvalue weighted by atomic mass is 9.39. The highest BCUT2D eigenvalue weighted by atomic mass is 16.6. The van der Waals surface area contributed by atoms with Gasteiger partial charge in [-0.15, -0.1) is 0 Å². The van der Waals surface area contributed by atoms with Crippen LogP contribution in [0.2, 0.25) is 0 Å². The summed E-state index contributed by atoms with van der Waals surface area (Å²) in [6.45, 7) is 11.1. The molecule has 2 bridgehead atoms. The van der Waals surface area contributed by atoms with Crippen LogP contribution in [0.15, 0.2) is 34.9 Å². The molecule has 0 aromatic rings. The number of fused-ring (bicyclic) bond motifs is 6. The predicted molar refractivity (Wildman–Crippen MR) is 147 cm³/mol. The number of methoxy groups -OCH3 is 1. The summed E-state index contributed by atoms with van der Waals surface area (Å²) < 4.78 is 21.9. The maximum atomic E-state index is 14.6. The fourth-order valence-corrected chi connectivity index (χ4v) is 8.77. The molecule has 10 nitrogen and oxygen atoms in total. The number of esters is 4. The molecule has 9 atom stereocenters. The number of hydrogen-bond acceptors (Lipinski definition) is 10. The fourth-order valence-electron chi connectivity index (χ4n) is 8.77. The van der Waals surface area contributed by atoms with Crippen molar-refractivity contribution in [3.8, 4) is 0 Å². The van der Waals surface area contributed by atoms with Gasteiger partial charge in [0.1, 0.15) is 18.0 Å². The fraction of sp³-hybridized carbons (Fsp3) is 0.656. The van der Waals surface area contributed by atoms with Crippen molar-refractivity contribution in [2.24, 2.45) is 39.9 Å². The molecule has 2 heterocycles. The van der Waals surface area contributed by atoms with E-state index >= 15 is 0 Å². The number of rotatable bonds is 5. The van der Waals surface area contributed by atoms with Crippen molar-refractivity contribution in [3.05, 3.63) is 34.9 Å². The van der Waals surface area contributed by atoms with Crippen LogP contribution in [0, 0.1) is 39.9 Å². The van der Waals surface area contributed by atoms with E-state index in [-0.39, 0.29) is 24.2 Å². The third-order valence-electron chi connectivity index (χ3n) is 11.1. The molecule has 0 spiro atoms. The Balaban J connectivity index is 1.66. The predicted octanol–water partition coefficient (Wildman–Crippen LogP) is 3.36. The van der Waals surface area contributed by atoms with Crippen molar-refractivity contribution in [1.82, 2.24) is 0 Å². The molecule has 0 aromatic heterocycles. The van der Waals surface area contributed by atoms with E-state index in [2.05, 4.69) is 0 Å². The smallest absolute Gasteiger partial charge is 0.333 e. The quantitative estimate of drug-likeness (QED) is 0.221. The van der Waals surface area contributed by atoms with Gasteiger partial charge >= 0.3 is 23.9 Å². The number of aliphatic hydroxyl groups is 1. The molecule has 5 rings (SSSR count). The molecule has 1 unspecified atom stereocenters. The molecule has 0 aromatic carbocycles. The van der Waals surface area contributed by atoms with E-state index < -0.39 is 82.3 Å². The van der Waals surface area contributed by atoms with Crippen molar-refractivity contribution >= 4 is 29.7 Å². The van der Waals surface area contributed by atoms with Crippen LogP contribution in [0.3, 0.4) is 0 Å². The molecular formula is C32H40O10. The molecule has 10 heteroatoms. The first-order valence-electron chi connectivity index (χ1n) is 14.6. The molecule has 1 saturated heterocycles. The minimum absolute atomic E-state index is 0.0327. The van der Waals surface area contributed by atoms with E-state index in [0.717, 1.165) is 5.57 Å². The van der Waals surface area contributed by atoms with Crippen molar-refractivity contribution in [3.63, 3.8) is 0 Å². The van der Waals surface area contributed by atoms with E-state index in [0.29, 0.717) is 18.4 Å². The maximum Gasteiger partial charge on any atom is 0.333 e. The van der Waals surface area contributed by atoms with E-state index in [1.807, 2.05) is 33.8 Å². The molecule has 228 valence electrons. The molecule has 2 saturated carbocycles. The monoisotopic (exact) mass is 584 g/mol. The summed E-state index contributed by atoms with van der Waals surface area (Å²) in [6, 6.07) is 0. The Morgan fingerprint density at radius 2 is 1.83 bits per heavy atom. The summed E-state index contributed by atoms with van der Waals surface area (Å²) in [5.74, 6) is -4.50. The van der Waals surface area contributed by atoms with Crippen LogP contribution in [0.1, 0.15) is 67.2 Å². The number of carbonyl (C=O) groups is 5. The highest BCUT2D eigenvalue weighted by Crippen LogP contribution is 2.68. The molecule has 42 heavy (non-hydrogen) atoms. The van der Waals surface area contributed by atoms with Gasteiger partial charge in [0, 0.05) is 46.3 Å². The van der Waals surface area contributed by atoms with Gasteiger partial charge in [0.2, 0.25) is 6.29 Å². The van der Waals surface area contributed by atoms with Gasteiger partial charge in [-0.05, 0) is 44.4 Å². The number of Topliss-reactive ketones (excluding diaryl/α,β-unsaturated/α-hetero) is 1. The number of ether oxygens (including phenoxy) is 4. The largest absolute Gasteiger partial charge is 0.469 e. The van der Waals surface area contributed by atoms with E-state index in [4.69, 9.17) is 18.9 Å². The van der Waals surface area contributed by atoms with Gasteiger partial charge in [-0.2, -0.15) is 0 Å². The molecule has 1 N–H and O–H groups in total. The number of allylic oxidation sites excluding steroid dienone is 2. The normalized spacial score (nSPS) is 40.5. The SMILES string of the molecule is C/C=C(\C)C(=O)O[C@@H]1[C@H]2C=C3CC[C@@]4(C)[C@H](C5=CC(=O)O[C@@H]5O)OC(=O)C[C@H]4C3[C@](C)(C2=O)[C@H](CC(=O)OC)C1(C)C. The Morgan fingerprint density at radius 1 is 1.14 bits per heavy atom. The summed E-state index contributed by atoms with van der Waals surface area (Å²) >= 11 is 0. The van der Waals surface area contributed by atoms with E-state index in [9.17, 15) is 29.1 Å². The van der Waals surface area contributed by atoms with Crippen LogP contribution in [0.4, 0.5) is 0 Å². The number of cyclic esters (lactones) is 2. The average Bonchev–Trinajstić information content (AvgIpc) is 3.27. The summed E-state index contributed by atoms with van der Waals surface area (Å²) in [5.41, 5.74) is -1.09. The summed E-state index contributed by atoms with van der Waals surface area (Å²) in [4.78, 5) is 65.7. The van der Waals surface area contributed by atoms with E-state index in [1.165, 1.54) is 13.2 Å². The van der Waals surface area contributed by atoms with Crippen molar-refractivity contribution in [1.29, 1.82) is 0 Å². The Morgan fingerprint density at radius 3 is 2.43 bits per heavy atom. The first kappa shape index (κ1) is 30.2. The van der Waals surface area contributed by atoms with Crippen LogP contribution in [-0.2, 0) is 42.9 Å². The van der Waals surface area contributed by atoms with Gasteiger partial charge in [-0.1, -0.05) is 45.4 Å². The minimum Gasteiger partial charge on any atom is -0.469 e. The standard InChI is InChI=1S/C32H40O10/c1-8-15(2)28(37)42-26-17-11-16-9-10-31(5)19(13-23(35)40-27(31)18-12-22(34)41-29(18)38)24(16)32(6,25(17)36)20(30(26,3)4)14-21(33)39-7/h8,11-12,17,19-20,24,26-27,29,38H,9-10,13-14H2,1-7H3/b15-8+/t17-,19-,20+,24?,26+,27-,29-,31+,32+/m0/s1. The Kier molecular flexibility index (Phi) is 7.32. The van der Waals surface area contributed by atoms with E-state index in [1.54, 1.807) is 19.9 Å². The molecule has 5 aliphatic rings. The molecule has 0 radical (unpaired) electrons. The second-order valence-electron chi connectivity index (χ2n) is 13.5. The van der Waals surface area contributed by atoms with Crippen molar-refractivity contribution in [2.75, 3.05) is 7.11 Å². The second-order valence-corrected chi connectivity index (χ2v) is 13.5. The lowest BCUT2D eigenvalue weighted by molar-refractivity contribution is -0.207. The second kappa shape index (κ2) is 10.2. The topological polar surface area (TPSA) is 142 Å². The zero-order valence-electron chi connectivity index (χ0n) is 25.2. The van der Waals surface area contributed by atoms with Gasteiger partial charge in [0.25, 0.3) is 0 Å². The number of hydrogen-bond donors (Lipinski definition) is 1. The van der Waals surface area contributed by atoms with Crippen LogP contribution in [0.5, 0.6) is 0 Å². The van der Waals surface area contributed by atoms with Gasteiger partial charge in [0.05, 0.1) is 13.0 Å². The van der Waals surface area contributed by atoms with Gasteiger partial charge in [-0.3, -0.25) is 14.4 Å². The van der Waals surface area contributed by atoms with Gasteiger partial charge in [-0.25, -0.2) is 9.59 Å². The maximum absolute atomic E-state index is 14.6. The van der Waals surface area contributed by atoms with Crippen LogP contribution in [0.25, 0.3) is 0 Å². The average molecular weight is 585 g/mol. The summed E-state index contributed by atoms with van der Waals surface area (Å²) in [6.07, 6.45) is 2.57. The minimum atomic E-state index is -1.52. The summed E-state index contributed by atoms with van der Waals surface area (Å²) in [5, 5.41) is 10.5. The lowest BCUT2D eigenvalue weighted by Crippen LogP contribution is -2.68.